The number of hydrogen-bond acceptors (Lipinski definition) is 4. The summed E-state index contributed by atoms with van der Waals surface area (Å²) in [6, 6.07) is 4.56. The van der Waals surface area contributed by atoms with Crippen molar-refractivity contribution < 1.29 is 24.0 Å². The molecule has 0 saturated heterocycles. The molecule has 6 nitrogen and oxygen atoms in total. The molecule has 0 saturated carbocycles. The van der Waals surface area contributed by atoms with Crippen LogP contribution in [0.1, 0.15) is 31.5 Å². The van der Waals surface area contributed by atoms with Gasteiger partial charge in [-0.15, -0.1) is 0 Å². The summed E-state index contributed by atoms with van der Waals surface area (Å²) in [4.78, 5) is 21.2. The molecule has 2 unspecified atom stereocenters. The number of rotatable bonds is 7. The standard InChI is InChI=1S/C13H18Cl2NO5P/c1-3-21-22(19,20)13(6-7-16(18)9(2)17)10-4-5-11(14)12(15)8-10/h4-5,8,13,18H,3,6-7H2,1-2H3,(H,19,20). The predicted molar refractivity (Wildman–Crippen MR) is 84.4 cm³/mol. The number of halogens is 2. The first kappa shape index (κ1) is 19.4. The van der Waals surface area contributed by atoms with E-state index in [1.165, 1.54) is 19.1 Å². The molecule has 22 heavy (non-hydrogen) atoms. The second-order valence-corrected chi connectivity index (χ2v) is 7.43. The maximum Gasteiger partial charge on any atom is 0.335 e. The van der Waals surface area contributed by atoms with Gasteiger partial charge >= 0.3 is 7.60 Å². The van der Waals surface area contributed by atoms with Gasteiger partial charge in [0.25, 0.3) is 0 Å². The molecule has 0 spiro atoms. The van der Waals surface area contributed by atoms with E-state index in [0.717, 1.165) is 0 Å². The number of carbonyl (C=O) groups excluding carboxylic acids is 1. The minimum Gasteiger partial charge on any atom is -0.324 e. The molecule has 0 fully saturated rings. The van der Waals surface area contributed by atoms with E-state index < -0.39 is 19.2 Å². The largest absolute Gasteiger partial charge is 0.335 e. The molecule has 1 aromatic carbocycles. The molecule has 0 aliphatic rings. The molecule has 1 amide bonds. The van der Waals surface area contributed by atoms with E-state index in [1.54, 1.807) is 13.0 Å². The lowest BCUT2D eigenvalue weighted by Crippen LogP contribution is -2.27. The highest BCUT2D eigenvalue weighted by molar-refractivity contribution is 7.53. The van der Waals surface area contributed by atoms with Gasteiger partial charge in [0.2, 0.25) is 5.91 Å². The van der Waals surface area contributed by atoms with Crippen LogP contribution < -0.4 is 0 Å². The highest BCUT2D eigenvalue weighted by Gasteiger charge is 2.34. The van der Waals surface area contributed by atoms with Crippen LogP contribution in [0.4, 0.5) is 0 Å². The zero-order valence-electron chi connectivity index (χ0n) is 12.2. The van der Waals surface area contributed by atoms with E-state index in [1.807, 2.05) is 0 Å². The van der Waals surface area contributed by atoms with Gasteiger partial charge < -0.3 is 9.42 Å². The minimum atomic E-state index is -4.00. The molecule has 0 aliphatic heterocycles. The fourth-order valence-electron chi connectivity index (χ4n) is 1.91. The van der Waals surface area contributed by atoms with Crippen molar-refractivity contribution in [3.8, 4) is 0 Å². The highest BCUT2D eigenvalue weighted by Crippen LogP contribution is 2.58. The highest BCUT2D eigenvalue weighted by atomic mass is 35.5. The zero-order valence-corrected chi connectivity index (χ0v) is 14.6. The summed E-state index contributed by atoms with van der Waals surface area (Å²) in [5.41, 5.74) is -0.484. The molecule has 0 aliphatic carbocycles. The summed E-state index contributed by atoms with van der Waals surface area (Å²) in [7, 11) is -4.00. The minimum absolute atomic E-state index is 0.0296. The van der Waals surface area contributed by atoms with Crippen LogP contribution in [0.15, 0.2) is 18.2 Å². The average molecular weight is 370 g/mol. The average Bonchev–Trinajstić information content (AvgIpc) is 2.42. The third kappa shape index (κ3) is 5.23. The fourth-order valence-corrected chi connectivity index (χ4v) is 3.75. The van der Waals surface area contributed by atoms with Crippen molar-refractivity contribution in [2.75, 3.05) is 13.2 Å². The number of amides is 1. The number of carbonyl (C=O) groups is 1. The first-order chi connectivity index (χ1) is 10.2. The van der Waals surface area contributed by atoms with Gasteiger partial charge in [0, 0.05) is 13.5 Å². The number of benzene rings is 1. The summed E-state index contributed by atoms with van der Waals surface area (Å²) in [5, 5.41) is 10.5. The van der Waals surface area contributed by atoms with Crippen LogP contribution in [0, 0.1) is 0 Å². The Hall–Kier alpha value is -0.620. The lowest BCUT2D eigenvalue weighted by atomic mass is 10.1. The van der Waals surface area contributed by atoms with Crippen molar-refractivity contribution in [2.24, 2.45) is 0 Å². The van der Waals surface area contributed by atoms with Crippen molar-refractivity contribution in [2.45, 2.75) is 25.9 Å². The Bertz CT molecular complexity index is 584. The van der Waals surface area contributed by atoms with Crippen LogP contribution in [0.25, 0.3) is 0 Å². The Labute approximate surface area is 139 Å². The van der Waals surface area contributed by atoms with Gasteiger partial charge in [-0.05, 0) is 31.0 Å². The molecule has 1 aromatic rings. The SMILES string of the molecule is CCOP(=O)(O)C(CCN(O)C(C)=O)c1ccc(Cl)c(Cl)c1. The molecule has 0 aromatic heterocycles. The van der Waals surface area contributed by atoms with Crippen LogP contribution in [0.5, 0.6) is 0 Å². The van der Waals surface area contributed by atoms with Gasteiger partial charge in [-0.2, -0.15) is 0 Å². The van der Waals surface area contributed by atoms with E-state index in [9.17, 15) is 19.5 Å². The lowest BCUT2D eigenvalue weighted by Gasteiger charge is -2.24. The van der Waals surface area contributed by atoms with Crippen molar-refractivity contribution >= 4 is 36.7 Å². The van der Waals surface area contributed by atoms with Crippen molar-refractivity contribution in [3.63, 3.8) is 0 Å². The second kappa shape index (κ2) is 8.29. The van der Waals surface area contributed by atoms with Gasteiger partial charge in [0.15, 0.2) is 0 Å². The lowest BCUT2D eigenvalue weighted by molar-refractivity contribution is -0.162. The Morgan fingerprint density at radius 2 is 2.05 bits per heavy atom. The molecule has 2 atom stereocenters. The van der Waals surface area contributed by atoms with Crippen LogP contribution in [-0.2, 0) is 13.9 Å². The van der Waals surface area contributed by atoms with Gasteiger partial charge in [-0.3, -0.25) is 14.6 Å². The summed E-state index contributed by atoms with van der Waals surface area (Å²) >= 11 is 11.8. The Kier molecular flexibility index (Phi) is 7.32. The molecule has 124 valence electrons. The molecular formula is C13H18Cl2NO5P. The van der Waals surface area contributed by atoms with E-state index in [0.29, 0.717) is 15.6 Å². The Balaban J connectivity index is 3.07. The number of hydroxylamine groups is 2. The van der Waals surface area contributed by atoms with Gasteiger partial charge in [-0.25, -0.2) is 5.06 Å². The maximum atomic E-state index is 12.4. The Morgan fingerprint density at radius 3 is 2.55 bits per heavy atom. The third-order valence-electron chi connectivity index (χ3n) is 3.01. The summed E-state index contributed by atoms with van der Waals surface area (Å²) in [6.45, 7) is 2.73. The van der Waals surface area contributed by atoms with E-state index in [2.05, 4.69) is 0 Å². The first-order valence-electron chi connectivity index (χ1n) is 6.58. The monoisotopic (exact) mass is 369 g/mol. The van der Waals surface area contributed by atoms with E-state index >= 15 is 0 Å². The van der Waals surface area contributed by atoms with E-state index in [4.69, 9.17) is 27.7 Å². The zero-order chi connectivity index (χ0) is 16.9. The van der Waals surface area contributed by atoms with Gasteiger partial charge in [0.05, 0.1) is 22.3 Å². The normalized spacial score (nSPS) is 15.2. The number of hydrogen-bond donors (Lipinski definition) is 2. The Morgan fingerprint density at radius 1 is 1.41 bits per heavy atom. The summed E-state index contributed by atoms with van der Waals surface area (Å²) in [6.07, 6.45) is 0.0296. The van der Waals surface area contributed by atoms with Crippen LogP contribution in [0.2, 0.25) is 10.0 Å². The van der Waals surface area contributed by atoms with Crippen molar-refractivity contribution in [1.29, 1.82) is 0 Å². The quantitative estimate of drug-likeness (QED) is 0.432. The molecule has 9 heteroatoms. The van der Waals surface area contributed by atoms with Gasteiger partial charge in [-0.1, -0.05) is 29.3 Å². The van der Waals surface area contributed by atoms with Crippen LogP contribution >= 0.6 is 30.8 Å². The van der Waals surface area contributed by atoms with E-state index in [-0.39, 0.29) is 24.6 Å². The molecule has 0 heterocycles. The molecule has 1 rings (SSSR count). The molecular weight excluding hydrogens is 352 g/mol. The molecule has 0 bridgehead atoms. The predicted octanol–water partition coefficient (Wildman–Crippen LogP) is 3.88. The maximum absolute atomic E-state index is 12.4. The molecule has 2 N–H and O–H groups in total. The smallest absolute Gasteiger partial charge is 0.324 e. The van der Waals surface area contributed by atoms with Crippen LogP contribution in [0.3, 0.4) is 0 Å². The molecule has 0 radical (unpaired) electrons. The summed E-state index contributed by atoms with van der Waals surface area (Å²) < 4.78 is 17.3. The van der Waals surface area contributed by atoms with Crippen molar-refractivity contribution in [3.05, 3.63) is 33.8 Å². The first-order valence-corrected chi connectivity index (χ1v) is 8.98. The second-order valence-electron chi connectivity index (χ2n) is 4.60. The topological polar surface area (TPSA) is 87.1 Å². The van der Waals surface area contributed by atoms with Crippen LogP contribution in [-0.4, -0.2) is 34.2 Å². The van der Waals surface area contributed by atoms with Crippen molar-refractivity contribution in [1.82, 2.24) is 5.06 Å². The summed E-state index contributed by atoms with van der Waals surface area (Å²) in [5.74, 6) is -0.558. The van der Waals surface area contributed by atoms with Gasteiger partial charge in [0.1, 0.15) is 0 Å². The third-order valence-corrected chi connectivity index (χ3v) is 5.73. The number of nitrogens with zero attached hydrogens (tertiary/aromatic N) is 1. The fraction of sp³-hybridized carbons (Fsp3) is 0.462.